The van der Waals surface area contributed by atoms with E-state index in [0.29, 0.717) is 11.3 Å². The van der Waals surface area contributed by atoms with Gasteiger partial charge in [0.25, 0.3) is 0 Å². The fourth-order valence-electron chi connectivity index (χ4n) is 1.69. The number of Topliss-reactive ketones (excluding diaryl/α,β-unsaturated/α-hetero) is 1. The van der Waals surface area contributed by atoms with Crippen LogP contribution in [-0.4, -0.2) is 18.1 Å². The van der Waals surface area contributed by atoms with Gasteiger partial charge in [0.05, 0.1) is 5.70 Å². The third kappa shape index (κ3) is 3.55. The normalized spacial score (nSPS) is 16.7. The summed E-state index contributed by atoms with van der Waals surface area (Å²) < 4.78 is 0. The van der Waals surface area contributed by atoms with Crippen molar-refractivity contribution in [1.29, 1.82) is 0 Å². The molecule has 0 bridgehead atoms. The Morgan fingerprint density at radius 3 is 2.35 bits per heavy atom. The summed E-state index contributed by atoms with van der Waals surface area (Å²) in [5, 5.41) is 3.05. The van der Waals surface area contributed by atoms with Crippen LogP contribution in [-0.2, 0) is 9.59 Å². The van der Waals surface area contributed by atoms with Crippen LogP contribution >= 0.6 is 0 Å². The van der Waals surface area contributed by atoms with Crippen LogP contribution < -0.4 is 5.32 Å². The zero-order valence-corrected chi connectivity index (χ0v) is 11.1. The molecule has 0 atom stereocenters. The minimum Gasteiger partial charge on any atom is -0.382 e. The summed E-state index contributed by atoms with van der Waals surface area (Å²) in [7, 11) is 0. The van der Waals surface area contributed by atoms with E-state index >= 15 is 0 Å². The highest BCUT2D eigenvalue weighted by Crippen LogP contribution is 2.29. The largest absolute Gasteiger partial charge is 0.382 e. The van der Waals surface area contributed by atoms with Crippen LogP contribution in [0.2, 0.25) is 0 Å². The van der Waals surface area contributed by atoms with Crippen molar-refractivity contribution in [2.45, 2.75) is 40.5 Å². The molecular formula is C14H21NO2. The fraction of sp³-hybridized carbons (Fsp3) is 0.571. The monoisotopic (exact) mass is 235 g/mol. The second-order valence-corrected chi connectivity index (χ2v) is 5.38. The Morgan fingerprint density at radius 2 is 1.82 bits per heavy atom. The van der Waals surface area contributed by atoms with Crippen LogP contribution in [0.3, 0.4) is 0 Å². The van der Waals surface area contributed by atoms with E-state index in [0.717, 1.165) is 19.4 Å². The molecule has 0 fully saturated rings. The Balaban J connectivity index is 2.82. The molecule has 3 heteroatoms. The number of rotatable bonds is 4. The van der Waals surface area contributed by atoms with Gasteiger partial charge in [-0.25, -0.2) is 0 Å². The molecule has 0 saturated carbocycles. The molecule has 94 valence electrons. The van der Waals surface area contributed by atoms with Crippen molar-refractivity contribution in [2.24, 2.45) is 5.41 Å². The molecule has 1 aliphatic rings. The average Bonchev–Trinajstić information content (AvgIpc) is 2.21. The van der Waals surface area contributed by atoms with Crippen molar-refractivity contribution in [1.82, 2.24) is 5.32 Å². The van der Waals surface area contributed by atoms with Gasteiger partial charge in [-0.3, -0.25) is 9.59 Å². The van der Waals surface area contributed by atoms with E-state index in [1.54, 1.807) is 0 Å². The number of nitrogens with one attached hydrogen (secondary N) is 1. The summed E-state index contributed by atoms with van der Waals surface area (Å²) in [4.78, 5) is 23.7. The summed E-state index contributed by atoms with van der Waals surface area (Å²) in [6, 6.07) is 0. The summed E-state index contributed by atoms with van der Waals surface area (Å²) in [5.41, 5.74) is 0.735. The third-order valence-corrected chi connectivity index (χ3v) is 2.72. The number of allylic oxidation sites excluding steroid dienone is 3. The van der Waals surface area contributed by atoms with Crippen molar-refractivity contribution >= 4 is 11.6 Å². The van der Waals surface area contributed by atoms with E-state index in [1.165, 1.54) is 12.2 Å². The van der Waals surface area contributed by atoms with Crippen LogP contribution in [0.15, 0.2) is 23.4 Å². The lowest BCUT2D eigenvalue weighted by atomic mass is 9.80. The molecule has 0 saturated heterocycles. The summed E-state index contributed by atoms with van der Waals surface area (Å²) in [6.45, 7) is 8.65. The predicted molar refractivity (Wildman–Crippen MR) is 68.5 cm³/mol. The molecule has 3 nitrogen and oxygen atoms in total. The Morgan fingerprint density at radius 1 is 1.18 bits per heavy atom. The lowest BCUT2D eigenvalue weighted by Gasteiger charge is -2.25. The van der Waals surface area contributed by atoms with E-state index in [9.17, 15) is 9.59 Å². The van der Waals surface area contributed by atoms with Gasteiger partial charge in [0.15, 0.2) is 5.78 Å². The molecule has 0 aromatic carbocycles. The van der Waals surface area contributed by atoms with E-state index in [2.05, 4.69) is 12.2 Å². The molecule has 0 spiro atoms. The highest BCUT2D eigenvalue weighted by Gasteiger charge is 2.29. The van der Waals surface area contributed by atoms with Gasteiger partial charge in [-0.15, -0.1) is 0 Å². The van der Waals surface area contributed by atoms with Crippen molar-refractivity contribution in [3.63, 3.8) is 0 Å². The van der Waals surface area contributed by atoms with Gasteiger partial charge >= 0.3 is 0 Å². The number of carbonyl (C=O) groups excluding carboxylic acids is 2. The molecule has 17 heavy (non-hydrogen) atoms. The van der Waals surface area contributed by atoms with Crippen molar-refractivity contribution in [3.05, 3.63) is 23.4 Å². The molecule has 0 aliphatic heterocycles. The maximum Gasteiger partial charge on any atom is 0.205 e. The number of unbranched alkanes of at least 4 members (excludes halogenated alkanes) is 1. The van der Waals surface area contributed by atoms with Crippen LogP contribution in [0.5, 0.6) is 0 Å². The van der Waals surface area contributed by atoms with Crippen LogP contribution in [0.4, 0.5) is 0 Å². The van der Waals surface area contributed by atoms with Gasteiger partial charge in [0, 0.05) is 18.2 Å². The van der Waals surface area contributed by atoms with Crippen LogP contribution in [0.1, 0.15) is 40.5 Å². The van der Waals surface area contributed by atoms with Gasteiger partial charge in [0.1, 0.15) is 0 Å². The summed E-state index contributed by atoms with van der Waals surface area (Å²) in [5.74, 6) is -0.151. The first-order chi connectivity index (χ1) is 7.86. The standard InChI is InChI=1S/C14H21NO2/c1-5-6-7-15-12-9-10(16)8-11(13(12)17)14(2,3)4/h8-9,15H,5-7H2,1-4H3. The molecular weight excluding hydrogens is 214 g/mol. The first-order valence-electron chi connectivity index (χ1n) is 6.12. The lowest BCUT2D eigenvalue weighted by molar-refractivity contribution is -0.116. The zero-order chi connectivity index (χ0) is 13.1. The maximum atomic E-state index is 12.2. The Kier molecular flexibility index (Phi) is 4.27. The third-order valence-electron chi connectivity index (χ3n) is 2.72. The van der Waals surface area contributed by atoms with Crippen LogP contribution in [0, 0.1) is 5.41 Å². The second-order valence-electron chi connectivity index (χ2n) is 5.38. The molecule has 1 N–H and O–H groups in total. The first kappa shape index (κ1) is 13.7. The summed E-state index contributed by atoms with van der Waals surface area (Å²) >= 11 is 0. The maximum absolute atomic E-state index is 12.2. The topological polar surface area (TPSA) is 46.2 Å². The molecule has 0 aromatic heterocycles. The van der Waals surface area contributed by atoms with Crippen molar-refractivity contribution in [3.8, 4) is 0 Å². The first-order valence-corrected chi connectivity index (χ1v) is 6.12. The van der Waals surface area contributed by atoms with Crippen molar-refractivity contribution < 1.29 is 9.59 Å². The van der Waals surface area contributed by atoms with Gasteiger partial charge in [-0.2, -0.15) is 0 Å². The van der Waals surface area contributed by atoms with E-state index in [-0.39, 0.29) is 17.0 Å². The number of carbonyl (C=O) groups is 2. The SMILES string of the molecule is CCCCNC1=CC(=O)C=C(C(C)(C)C)C1=O. The number of ketones is 2. The molecule has 0 amide bonds. The zero-order valence-electron chi connectivity index (χ0n) is 11.1. The highest BCUT2D eigenvalue weighted by molar-refractivity contribution is 6.20. The van der Waals surface area contributed by atoms with Gasteiger partial charge < -0.3 is 5.32 Å². The summed E-state index contributed by atoms with van der Waals surface area (Å²) in [6.07, 6.45) is 4.90. The quantitative estimate of drug-likeness (QED) is 0.601. The van der Waals surface area contributed by atoms with Gasteiger partial charge in [-0.1, -0.05) is 34.1 Å². The van der Waals surface area contributed by atoms with Crippen molar-refractivity contribution in [2.75, 3.05) is 6.54 Å². The van der Waals surface area contributed by atoms with Crippen LogP contribution in [0.25, 0.3) is 0 Å². The van der Waals surface area contributed by atoms with E-state index in [4.69, 9.17) is 0 Å². The molecule has 1 rings (SSSR count). The molecule has 0 heterocycles. The minimum absolute atomic E-state index is 0.0480. The van der Waals surface area contributed by atoms with E-state index < -0.39 is 0 Å². The smallest absolute Gasteiger partial charge is 0.205 e. The minimum atomic E-state index is -0.293. The Hall–Kier alpha value is -1.38. The number of hydrogen-bond acceptors (Lipinski definition) is 3. The van der Waals surface area contributed by atoms with Gasteiger partial charge in [-0.05, 0) is 17.9 Å². The Bertz CT molecular complexity index is 384. The second kappa shape index (κ2) is 5.30. The number of hydrogen-bond donors (Lipinski definition) is 1. The van der Waals surface area contributed by atoms with Gasteiger partial charge in [0.2, 0.25) is 5.78 Å². The molecule has 1 aliphatic carbocycles. The Labute approximate surface area is 103 Å². The average molecular weight is 235 g/mol. The molecule has 0 aromatic rings. The highest BCUT2D eigenvalue weighted by atomic mass is 16.1. The predicted octanol–water partition coefficient (Wildman–Crippen LogP) is 2.38. The molecule has 0 unspecified atom stereocenters. The molecule has 0 radical (unpaired) electrons. The van der Waals surface area contributed by atoms with E-state index in [1.807, 2.05) is 20.8 Å². The lowest BCUT2D eigenvalue weighted by Crippen LogP contribution is -2.31. The fourth-order valence-corrected chi connectivity index (χ4v) is 1.69.